The zero-order valence-corrected chi connectivity index (χ0v) is 12.4. The largest absolute Gasteiger partial charge is 0.252 e. The molecular formula is C21H15N. The third kappa shape index (κ3) is 1.46. The van der Waals surface area contributed by atoms with Gasteiger partial charge in [-0.2, -0.15) is 0 Å². The van der Waals surface area contributed by atoms with Gasteiger partial charge < -0.3 is 0 Å². The molecule has 1 aliphatic rings. The van der Waals surface area contributed by atoms with Crippen LogP contribution in [-0.4, -0.2) is 4.98 Å². The molecule has 1 aliphatic carbocycles. The van der Waals surface area contributed by atoms with Gasteiger partial charge in [-0.3, -0.25) is 4.98 Å². The summed E-state index contributed by atoms with van der Waals surface area (Å²) in [4.78, 5) is 4.93. The van der Waals surface area contributed by atoms with Crippen molar-refractivity contribution < 1.29 is 0 Å². The Hall–Kier alpha value is -2.67. The summed E-state index contributed by atoms with van der Waals surface area (Å²) in [5.41, 5.74) is 6.42. The summed E-state index contributed by atoms with van der Waals surface area (Å²) in [6.45, 7) is 2.11. The molecule has 22 heavy (non-hydrogen) atoms. The molecule has 104 valence electrons. The van der Waals surface area contributed by atoms with Crippen molar-refractivity contribution in [2.24, 2.45) is 0 Å². The predicted octanol–water partition coefficient (Wildman–Crippen LogP) is 5.27. The fourth-order valence-electron chi connectivity index (χ4n) is 3.81. The van der Waals surface area contributed by atoms with Crippen molar-refractivity contribution in [2.75, 3.05) is 0 Å². The average molecular weight is 281 g/mol. The minimum Gasteiger partial charge on any atom is -0.252 e. The van der Waals surface area contributed by atoms with Gasteiger partial charge in [-0.05, 0) is 34.2 Å². The van der Waals surface area contributed by atoms with E-state index in [0.29, 0.717) is 0 Å². The third-order valence-corrected chi connectivity index (χ3v) is 4.86. The van der Waals surface area contributed by atoms with Gasteiger partial charge in [0.2, 0.25) is 0 Å². The second-order valence-corrected chi connectivity index (χ2v) is 6.06. The molecule has 0 unspecified atom stereocenters. The maximum absolute atomic E-state index is 4.93. The first-order valence-electron chi connectivity index (χ1n) is 7.72. The van der Waals surface area contributed by atoms with Crippen LogP contribution in [0.5, 0.6) is 0 Å². The number of rotatable bonds is 0. The first-order valence-corrected chi connectivity index (χ1v) is 7.72. The topological polar surface area (TPSA) is 12.9 Å². The van der Waals surface area contributed by atoms with E-state index >= 15 is 0 Å². The second kappa shape index (κ2) is 4.17. The van der Waals surface area contributed by atoms with Crippen LogP contribution in [0.15, 0.2) is 60.7 Å². The Morgan fingerprint density at radius 2 is 1.45 bits per heavy atom. The van der Waals surface area contributed by atoms with E-state index < -0.39 is 0 Å². The van der Waals surface area contributed by atoms with Gasteiger partial charge in [0.05, 0.1) is 5.69 Å². The molecule has 0 atom stereocenters. The molecule has 0 bridgehead atoms. The second-order valence-electron chi connectivity index (χ2n) is 6.06. The first kappa shape index (κ1) is 11.9. The number of nitrogens with zero attached hydrogens (tertiary/aromatic N) is 1. The minimum atomic E-state index is 0.986. The van der Waals surface area contributed by atoms with E-state index in [1.165, 1.54) is 43.9 Å². The number of hydrogen-bond acceptors (Lipinski definition) is 1. The molecule has 5 rings (SSSR count). The fourth-order valence-corrected chi connectivity index (χ4v) is 3.81. The van der Waals surface area contributed by atoms with Crippen molar-refractivity contribution >= 4 is 21.5 Å². The lowest BCUT2D eigenvalue weighted by molar-refractivity contribution is 1.21. The molecule has 0 fully saturated rings. The molecule has 4 aromatic rings. The number of aryl methyl sites for hydroxylation is 1. The Bertz CT molecular complexity index is 1060. The summed E-state index contributed by atoms with van der Waals surface area (Å²) >= 11 is 0. The molecule has 0 spiro atoms. The Kier molecular flexibility index (Phi) is 2.26. The van der Waals surface area contributed by atoms with Crippen molar-refractivity contribution in [2.45, 2.75) is 13.3 Å². The molecule has 1 heteroatoms. The molecule has 0 saturated carbocycles. The molecule has 1 heterocycles. The van der Waals surface area contributed by atoms with Crippen LogP contribution in [0.2, 0.25) is 0 Å². The van der Waals surface area contributed by atoms with Gasteiger partial charge in [0.25, 0.3) is 0 Å². The molecular weight excluding hydrogens is 266 g/mol. The molecule has 0 aliphatic heterocycles. The molecule has 3 aromatic carbocycles. The molecule has 1 nitrogen and oxygen atoms in total. The lowest BCUT2D eigenvalue weighted by Gasteiger charge is -2.08. The first-order chi connectivity index (χ1) is 10.8. The van der Waals surface area contributed by atoms with Gasteiger partial charge >= 0.3 is 0 Å². The smallest absolute Gasteiger partial charge is 0.0750 e. The molecule has 0 N–H and O–H groups in total. The maximum Gasteiger partial charge on any atom is 0.0750 e. The van der Waals surface area contributed by atoms with E-state index in [0.717, 1.165) is 12.1 Å². The summed E-state index contributed by atoms with van der Waals surface area (Å²) in [7, 11) is 0. The van der Waals surface area contributed by atoms with Crippen LogP contribution in [0.1, 0.15) is 16.8 Å². The highest BCUT2D eigenvalue weighted by Gasteiger charge is 2.24. The van der Waals surface area contributed by atoms with E-state index in [2.05, 4.69) is 67.6 Å². The van der Waals surface area contributed by atoms with Crippen LogP contribution in [0, 0.1) is 6.92 Å². The normalized spacial score (nSPS) is 12.6. The fraction of sp³-hybridized carbons (Fsp3) is 0.0952. The summed E-state index contributed by atoms with van der Waals surface area (Å²) in [5.74, 6) is 0. The number of fused-ring (bicyclic) bond motifs is 7. The van der Waals surface area contributed by atoms with Gasteiger partial charge in [-0.25, -0.2) is 0 Å². The van der Waals surface area contributed by atoms with E-state index in [1.807, 2.05) is 0 Å². The Morgan fingerprint density at radius 1 is 0.727 bits per heavy atom. The molecule has 0 amide bonds. The average Bonchev–Trinajstić information content (AvgIpc) is 2.94. The minimum absolute atomic E-state index is 0.986. The quantitative estimate of drug-likeness (QED) is 0.377. The highest BCUT2D eigenvalue weighted by Crippen LogP contribution is 2.42. The Morgan fingerprint density at radius 3 is 2.32 bits per heavy atom. The van der Waals surface area contributed by atoms with Gasteiger partial charge in [-0.15, -0.1) is 0 Å². The zero-order valence-electron chi connectivity index (χ0n) is 12.4. The molecule has 1 aromatic heterocycles. The number of benzene rings is 3. The number of pyridine rings is 1. The van der Waals surface area contributed by atoms with Crippen molar-refractivity contribution in [1.82, 2.24) is 4.98 Å². The van der Waals surface area contributed by atoms with Gasteiger partial charge in [-0.1, -0.05) is 60.7 Å². The van der Waals surface area contributed by atoms with Crippen LogP contribution in [0.4, 0.5) is 0 Å². The standard InChI is InChI=1S/C21H15N/c1-13-15-7-4-5-9-17(15)20-12-19-16-8-3-2-6-14(16)10-11-18(19)21(20)22-13/h2-11H,12H2,1H3. The van der Waals surface area contributed by atoms with E-state index in [9.17, 15) is 0 Å². The summed E-state index contributed by atoms with van der Waals surface area (Å²) in [6.07, 6.45) is 0.986. The van der Waals surface area contributed by atoms with Gasteiger partial charge in [0.15, 0.2) is 0 Å². The lowest BCUT2D eigenvalue weighted by Crippen LogP contribution is -1.92. The van der Waals surface area contributed by atoms with E-state index in [1.54, 1.807) is 0 Å². The highest BCUT2D eigenvalue weighted by atomic mass is 14.7. The van der Waals surface area contributed by atoms with Crippen LogP contribution in [0.25, 0.3) is 32.8 Å². The van der Waals surface area contributed by atoms with Crippen LogP contribution in [0.3, 0.4) is 0 Å². The van der Waals surface area contributed by atoms with Crippen LogP contribution >= 0.6 is 0 Å². The summed E-state index contributed by atoms with van der Waals surface area (Å²) < 4.78 is 0. The van der Waals surface area contributed by atoms with Crippen LogP contribution in [-0.2, 0) is 6.42 Å². The van der Waals surface area contributed by atoms with Crippen molar-refractivity contribution in [1.29, 1.82) is 0 Å². The predicted molar refractivity (Wildman–Crippen MR) is 92.2 cm³/mol. The van der Waals surface area contributed by atoms with Crippen molar-refractivity contribution in [3.8, 4) is 11.3 Å². The SMILES string of the molecule is Cc1nc2c(c3ccccc13)Cc1c-2ccc2ccccc12. The summed E-state index contributed by atoms with van der Waals surface area (Å²) in [6, 6.07) is 21.8. The van der Waals surface area contributed by atoms with Gasteiger partial charge in [0, 0.05) is 23.1 Å². The highest BCUT2D eigenvalue weighted by molar-refractivity contribution is 6.00. The number of aromatic nitrogens is 1. The third-order valence-electron chi connectivity index (χ3n) is 4.86. The Labute approximate surface area is 129 Å². The monoisotopic (exact) mass is 281 g/mol. The van der Waals surface area contributed by atoms with E-state index in [4.69, 9.17) is 4.98 Å². The van der Waals surface area contributed by atoms with Crippen molar-refractivity contribution in [3.63, 3.8) is 0 Å². The van der Waals surface area contributed by atoms with E-state index in [-0.39, 0.29) is 0 Å². The lowest BCUT2D eigenvalue weighted by atomic mass is 10.00. The van der Waals surface area contributed by atoms with Gasteiger partial charge in [0.1, 0.15) is 0 Å². The number of hydrogen-bond donors (Lipinski definition) is 0. The van der Waals surface area contributed by atoms with Crippen molar-refractivity contribution in [3.05, 3.63) is 77.5 Å². The summed E-state index contributed by atoms with van der Waals surface area (Å²) in [5, 5.41) is 5.30. The molecule has 0 saturated heterocycles. The Balaban J connectivity index is 1.91. The zero-order chi connectivity index (χ0) is 14.7. The van der Waals surface area contributed by atoms with Crippen LogP contribution < -0.4 is 0 Å². The molecule has 0 radical (unpaired) electrons. The maximum atomic E-state index is 4.93.